The second-order valence-electron chi connectivity index (χ2n) is 5.89. The number of rotatable bonds is 3. The average Bonchev–Trinajstić information content (AvgIpc) is 2.54. The SMILES string of the molecule is CNC(=O)C1CCN(C(=O)C(C)(N)c2ccc(Br)cc2)CC1. The molecule has 5 nitrogen and oxygen atoms in total. The Hall–Kier alpha value is -1.40. The number of nitrogens with two attached hydrogens (primary N) is 1. The van der Waals surface area contributed by atoms with Crippen molar-refractivity contribution in [2.24, 2.45) is 11.7 Å². The van der Waals surface area contributed by atoms with Gasteiger partial charge in [-0.1, -0.05) is 28.1 Å². The summed E-state index contributed by atoms with van der Waals surface area (Å²) >= 11 is 3.38. The number of hydrogen-bond donors (Lipinski definition) is 2. The van der Waals surface area contributed by atoms with Crippen LogP contribution in [0, 0.1) is 5.92 Å². The Labute approximate surface area is 139 Å². The Bertz CT molecular complexity index is 549. The maximum atomic E-state index is 12.7. The molecular formula is C16H22BrN3O2. The lowest BCUT2D eigenvalue weighted by molar-refractivity contribution is -0.140. The maximum absolute atomic E-state index is 12.7. The van der Waals surface area contributed by atoms with Crippen molar-refractivity contribution < 1.29 is 9.59 Å². The third-order valence-electron chi connectivity index (χ3n) is 4.29. The van der Waals surface area contributed by atoms with Crippen molar-refractivity contribution in [3.05, 3.63) is 34.3 Å². The van der Waals surface area contributed by atoms with Gasteiger partial charge in [0.05, 0.1) is 0 Å². The lowest BCUT2D eigenvalue weighted by Crippen LogP contribution is -2.53. The summed E-state index contributed by atoms with van der Waals surface area (Å²) in [6.45, 7) is 2.88. The summed E-state index contributed by atoms with van der Waals surface area (Å²) in [5.74, 6) is -0.0496. The molecule has 1 aliphatic heterocycles. The largest absolute Gasteiger partial charge is 0.359 e. The molecule has 1 unspecified atom stereocenters. The van der Waals surface area contributed by atoms with E-state index in [1.807, 2.05) is 24.3 Å². The standard InChI is InChI=1S/C16H22BrN3O2/c1-16(18,12-3-5-13(17)6-4-12)15(22)20-9-7-11(8-10-20)14(21)19-2/h3-6,11H,7-10,18H2,1-2H3,(H,19,21). The van der Waals surface area contributed by atoms with Crippen molar-refractivity contribution in [3.8, 4) is 0 Å². The van der Waals surface area contributed by atoms with Gasteiger partial charge in [0, 0.05) is 30.5 Å². The molecule has 1 aromatic rings. The first-order valence-corrected chi connectivity index (χ1v) is 8.21. The molecular weight excluding hydrogens is 346 g/mol. The number of piperidine rings is 1. The second kappa shape index (κ2) is 6.79. The first-order valence-electron chi connectivity index (χ1n) is 7.42. The normalized spacial score (nSPS) is 18.6. The number of nitrogens with one attached hydrogen (secondary N) is 1. The molecule has 22 heavy (non-hydrogen) atoms. The van der Waals surface area contributed by atoms with Gasteiger partial charge in [-0.15, -0.1) is 0 Å². The van der Waals surface area contributed by atoms with Gasteiger partial charge in [0.2, 0.25) is 11.8 Å². The van der Waals surface area contributed by atoms with Crippen LogP contribution in [0.1, 0.15) is 25.3 Å². The summed E-state index contributed by atoms with van der Waals surface area (Å²) in [5, 5.41) is 2.67. The van der Waals surface area contributed by atoms with E-state index in [0.29, 0.717) is 25.9 Å². The highest BCUT2D eigenvalue weighted by atomic mass is 79.9. The van der Waals surface area contributed by atoms with Crippen LogP contribution in [0.25, 0.3) is 0 Å². The van der Waals surface area contributed by atoms with Crippen molar-refractivity contribution in [1.82, 2.24) is 10.2 Å². The van der Waals surface area contributed by atoms with Crippen LogP contribution >= 0.6 is 15.9 Å². The van der Waals surface area contributed by atoms with Gasteiger partial charge in [-0.05, 0) is 37.5 Å². The number of nitrogens with zero attached hydrogens (tertiary/aromatic N) is 1. The highest BCUT2D eigenvalue weighted by molar-refractivity contribution is 9.10. The maximum Gasteiger partial charge on any atom is 0.246 e. The van der Waals surface area contributed by atoms with E-state index in [2.05, 4.69) is 21.2 Å². The molecule has 0 radical (unpaired) electrons. The van der Waals surface area contributed by atoms with Gasteiger partial charge >= 0.3 is 0 Å². The summed E-state index contributed by atoms with van der Waals surface area (Å²) < 4.78 is 0.950. The molecule has 2 rings (SSSR count). The number of likely N-dealkylation sites (tertiary alicyclic amines) is 1. The zero-order valence-electron chi connectivity index (χ0n) is 12.9. The molecule has 0 saturated carbocycles. The Morgan fingerprint density at radius 1 is 1.27 bits per heavy atom. The third kappa shape index (κ3) is 3.50. The van der Waals surface area contributed by atoms with Crippen molar-refractivity contribution in [2.75, 3.05) is 20.1 Å². The molecule has 1 fully saturated rings. The Morgan fingerprint density at radius 3 is 2.32 bits per heavy atom. The molecule has 1 heterocycles. The molecule has 1 aromatic carbocycles. The molecule has 0 aliphatic carbocycles. The van der Waals surface area contributed by atoms with E-state index in [9.17, 15) is 9.59 Å². The predicted molar refractivity (Wildman–Crippen MR) is 89.1 cm³/mol. The van der Waals surface area contributed by atoms with E-state index in [4.69, 9.17) is 5.73 Å². The molecule has 2 amide bonds. The van der Waals surface area contributed by atoms with Gasteiger partial charge in [-0.3, -0.25) is 9.59 Å². The molecule has 120 valence electrons. The molecule has 1 atom stereocenters. The molecule has 6 heteroatoms. The topological polar surface area (TPSA) is 75.4 Å². The fraction of sp³-hybridized carbons (Fsp3) is 0.500. The van der Waals surface area contributed by atoms with Crippen LogP contribution in [0.5, 0.6) is 0 Å². The smallest absolute Gasteiger partial charge is 0.246 e. The number of benzene rings is 1. The van der Waals surface area contributed by atoms with Crippen molar-refractivity contribution in [2.45, 2.75) is 25.3 Å². The monoisotopic (exact) mass is 367 g/mol. The van der Waals surface area contributed by atoms with Crippen LogP contribution in [0.2, 0.25) is 0 Å². The first kappa shape index (κ1) is 17.0. The van der Waals surface area contributed by atoms with Crippen LogP contribution in [0.15, 0.2) is 28.7 Å². The number of amides is 2. The zero-order chi connectivity index (χ0) is 16.3. The molecule has 0 spiro atoms. The minimum Gasteiger partial charge on any atom is -0.359 e. The van der Waals surface area contributed by atoms with Gasteiger partial charge < -0.3 is 16.0 Å². The molecule has 0 bridgehead atoms. The fourth-order valence-electron chi connectivity index (χ4n) is 2.80. The van der Waals surface area contributed by atoms with Gasteiger partial charge in [-0.2, -0.15) is 0 Å². The number of carbonyl (C=O) groups is 2. The lowest BCUT2D eigenvalue weighted by atomic mass is 9.89. The summed E-state index contributed by atoms with van der Waals surface area (Å²) in [4.78, 5) is 26.2. The zero-order valence-corrected chi connectivity index (χ0v) is 14.5. The van der Waals surface area contributed by atoms with Gasteiger partial charge in [0.25, 0.3) is 0 Å². The van der Waals surface area contributed by atoms with E-state index >= 15 is 0 Å². The van der Waals surface area contributed by atoms with Crippen LogP contribution in [0.3, 0.4) is 0 Å². The van der Waals surface area contributed by atoms with E-state index in [-0.39, 0.29) is 17.7 Å². The van der Waals surface area contributed by atoms with E-state index in [0.717, 1.165) is 10.0 Å². The third-order valence-corrected chi connectivity index (χ3v) is 4.82. The number of hydrogen-bond acceptors (Lipinski definition) is 3. The molecule has 1 aliphatic rings. The number of carbonyl (C=O) groups excluding carboxylic acids is 2. The first-order chi connectivity index (χ1) is 10.4. The van der Waals surface area contributed by atoms with Gasteiger partial charge in [0.15, 0.2) is 0 Å². The van der Waals surface area contributed by atoms with Gasteiger partial charge in [0.1, 0.15) is 5.54 Å². The summed E-state index contributed by atoms with van der Waals surface area (Å²) in [6.07, 6.45) is 1.36. The quantitative estimate of drug-likeness (QED) is 0.851. The van der Waals surface area contributed by atoms with Gasteiger partial charge in [-0.25, -0.2) is 0 Å². The average molecular weight is 368 g/mol. The Balaban J connectivity index is 2.05. The van der Waals surface area contributed by atoms with E-state index in [1.165, 1.54) is 0 Å². The second-order valence-corrected chi connectivity index (χ2v) is 6.81. The highest BCUT2D eigenvalue weighted by Gasteiger charge is 2.36. The minimum absolute atomic E-state index is 0.00855. The van der Waals surface area contributed by atoms with Crippen molar-refractivity contribution >= 4 is 27.7 Å². The molecule has 3 N–H and O–H groups in total. The fourth-order valence-corrected chi connectivity index (χ4v) is 3.06. The van der Waals surface area contributed by atoms with Crippen molar-refractivity contribution in [1.29, 1.82) is 0 Å². The van der Waals surface area contributed by atoms with Crippen molar-refractivity contribution in [3.63, 3.8) is 0 Å². The Morgan fingerprint density at radius 2 is 1.82 bits per heavy atom. The van der Waals surface area contributed by atoms with E-state index < -0.39 is 5.54 Å². The summed E-state index contributed by atoms with van der Waals surface area (Å²) in [6, 6.07) is 7.48. The van der Waals surface area contributed by atoms with Crippen LogP contribution in [-0.4, -0.2) is 36.9 Å². The molecule has 0 aromatic heterocycles. The van der Waals surface area contributed by atoms with Crippen LogP contribution in [0.4, 0.5) is 0 Å². The highest BCUT2D eigenvalue weighted by Crippen LogP contribution is 2.25. The van der Waals surface area contributed by atoms with E-state index in [1.54, 1.807) is 18.9 Å². The number of halogens is 1. The Kier molecular flexibility index (Phi) is 5.24. The van der Waals surface area contributed by atoms with Crippen LogP contribution in [-0.2, 0) is 15.1 Å². The minimum atomic E-state index is -1.06. The summed E-state index contributed by atoms with van der Waals surface area (Å²) in [7, 11) is 1.64. The predicted octanol–water partition coefficient (Wildman–Crippen LogP) is 1.61. The lowest BCUT2D eigenvalue weighted by Gasteiger charge is -2.36. The van der Waals surface area contributed by atoms with Crippen LogP contribution < -0.4 is 11.1 Å². The molecule has 1 saturated heterocycles. The summed E-state index contributed by atoms with van der Waals surface area (Å²) in [5.41, 5.74) is 6.03.